The van der Waals surface area contributed by atoms with Crippen LogP contribution in [0.3, 0.4) is 0 Å². The van der Waals surface area contributed by atoms with Crippen LogP contribution in [-0.4, -0.2) is 13.0 Å². The van der Waals surface area contributed by atoms with E-state index in [0.29, 0.717) is 0 Å². The third-order valence-electron chi connectivity index (χ3n) is 2.81. The van der Waals surface area contributed by atoms with Crippen LogP contribution in [0.25, 0.3) is 0 Å². The number of hydrogen-bond donors (Lipinski definition) is 1. The molecule has 0 aromatic heterocycles. The molecule has 0 aliphatic heterocycles. The Hall–Kier alpha value is -1.05. The van der Waals surface area contributed by atoms with Crippen molar-refractivity contribution in [3.8, 4) is 0 Å². The van der Waals surface area contributed by atoms with Gasteiger partial charge in [-0.3, -0.25) is 4.79 Å². The minimum absolute atomic E-state index is 0.159. The number of allylic oxidation sites excluding steroid dienone is 3. The highest BCUT2D eigenvalue weighted by Crippen LogP contribution is 2.52. The summed E-state index contributed by atoms with van der Waals surface area (Å²) in [6.45, 7) is 4.10. The Morgan fingerprint density at radius 1 is 1.50 bits per heavy atom. The third-order valence-corrected chi connectivity index (χ3v) is 2.81. The third kappa shape index (κ3) is 1.89. The molecule has 1 saturated carbocycles. The largest absolute Gasteiger partial charge is 0.358 e. The molecule has 14 heavy (non-hydrogen) atoms. The van der Waals surface area contributed by atoms with Crippen molar-refractivity contribution in [3.05, 3.63) is 23.8 Å². The smallest absolute Gasteiger partial charge is 0.230 e. The molecule has 1 fully saturated rings. The zero-order valence-corrected chi connectivity index (χ0v) is 9.26. The Morgan fingerprint density at radius 2 is 2.14 bits per heavy atom. The van der Waals surface area contributed by atoms with Gasteiger partial charge >= 0.3 is 0 Å². The quantitative estimate of drug-likeness (QED) is 0.683. The molecule has 1 aliphatic carbocycles. The Morgan fingerprint density at radius 3 is 2.50 bits per heavy atom. The van der Waals surface area contributed by atoms with Gasteiger partial charge in [0.2, 0.25) is 5.91 Å². The molecular weight excluding hydrogens is 174 g/mol. The maximum absolute atomic E-state index is 11.7. The number of carbonyl (C=O) groups is 1. The maximum atomic E-state index is 11.7. The van der Waals surface area contributed by atoms with Crippen molar-refractivity contribution >= 4 is 5.91 Å². The van der Waals surface area contributed by atoms with Gasteiger partial charge in [-0.2, -0.15) is 0 Å². The van der Waals surface area contributed by atoms with E-state index < -0.39 is 0 Å². The lowest BCUT2D eigenvalue weighted by Crippen LogP contribution is -2.29. The number of amides is 1. The molecule has 78 valence electrons. The van der Waals surface area contributed by atoms with Gasteiger partial charge in [-0.15, -0.1) is 0 Å². The van der Waals surface area contributed by atoms with Crippen LogP contribution in [0.4, 0.5) is 0 Å². The Balaban J connectivity index is 2.80. The van der Waals surface area contributed by atoms with Crippen molar-refractivity contribution < 1.29 is 4.79 Å². The van der Waals surface area contributed by atoms with Gasteiger partial charge in [-0.05, 0) is 31.8 Å². The van der Waals surface area contributed by atoms with E-state index in [1.165, 1.54) is 5.57 Å². The lowest BCUT2D eigenvalue weighted by atomic mass is 9.94. The van der Waals surface area contributed by atoms with E-state index in [1.807, 2.05) is 6.92 Å². The van der Waals surface area contributed by atoms with Gasteiger partial charge in [0.1, 0.15) is 0 Å². The summed E-state index contributed by atoms with van der Waals surface area (Å²) < 4.78 is 0. The van der Waals surface area contributed by atoms with Crippen LogP contribution in [0.2, 0.25) is 0 Å². The highest BCUT2D eigenvalue weighted by atomic mass is 16.2. The van der Waals surface area contributed by atoms with Crippen LogP contribution >= 0.6 is 0 Å². The van der Waals surface area contributed by atoms with E-state index in [9.17, 15) is 4.79 Å². The number of hydrogen-bond acceptors (Lipinski definition) is 1. The molecule has 1 N–H and O–H groups in total. The molecule has 0 atom stereocenters. The summed E-state index contributed by atoms with van der Waals surface area (Å²) in [7, 11) is 1.71. The second-order valence-corrected chi connectivity index (χ2v) is 3.72. The second-order valence-electron chi connectivity index (χ2n) is 3.72. The summed E-state index contributed by atoms with van der Waals surface area (Å²) >= 11 is 0. The maximum Gasteiger partial charge on any atom is 0.230 e. The van der Waals surface area contributed by atoms with Gasteiger partial charge in [0.05, 0.1) is 5.41 Å². The summed E-state index contributed by atoms with van der Waals surface area (Å²) in [6.07, 6.45) is 9.23. The topological polar surface area (TPSA) is 29.1 Å². The van der Waals surface area contributed by atoms with Gasteiger partial charge in [0.25, 0.3) is 0 Å². The zero-order valence-electron chi connectivity index (χ0n) is 9.26. The summed E-state index contributed by atoms with van der Waals surface area (Å²) in [6, 6.07) is 0. The first-order chi connectivity index (χ1) is 6.71. The SMILES string of the molecule is C/C=C(\C=C/CC)C1(C(=O)NC)CC1. The summed E-state index contributed by atoms with van der Waals surface area (Å²) in [5.74, 6) is 0.159. The number of rotatable bonds is 4. The van der Waals surface area contributed by atoms with Gasteiger partial charge in [-0.1, -0.05) is 25.2 Å². The molecular formula is C12H19NO. The van der Waals surface area contributed by atoms with Crippen LogP contribution in [0.15, 0.2) is 23.8 Å². The van der Waals surface area contributed by atoms with Crippen LogP contribution in [0.1, 0.15) is 33.1 Å². The van der Waals surface area contributed by atoms with Crippen LogP contribution in [0, 0.1) is 5.41 Å². The van der Waals surface area contributed by atoms with E-state index in [-0.39, 0.29) is 11.3 Å². The lowest BCUT2D eigenvalue weighted by molar-refractivity contribution is -0.124. The molecule has 0 aromatic carbocycles. The van der Waals surface area contributed by atoms with Crippen LogP contribution < -0.4 is 5.32 Å². The normalized spacial score (nSPS) is 19.8. The van der Waals surface area contributed by atoms with Gasteiger partial charge in [0.15, 0.2) is 0 Å². The highest BCUT2D eigenvalue weighted by molar-refractivity contribution is 5.89. The van der Waals surface area contributed by atoms with E-state index in [1.54, 1.807) is 7.05 Å². The van der Waals surface area contributed by atoms with E-state index in [0.717, 1.165) is 19.3 Å². The standard InChI is InChI=1S/C12H19NO/c1-4-6-7-10(5-2)12(8-9-12)11(14)13-3/h5-7H,4,8-9H2,1-3H3,(H,13,14)/b7-6-,10-5+. The summed E-state index contributed by atoms with van der Waals surface area (Å²) in [5.41, 5.74) is 0.966. The minimum atomic E-state index is -0.199. The van der Waals surface area contributed by atoms with Crippen molar-refractivity contribution in [1.29, 1.82) is 0 Å². The Labute approximate surface area is 86.1 Å². The van der Waals surface area contributed by atoms with Gasteiger partial charge in [0, 0.05) is 7.05 Å². The van der Waals surface area contributed by atoms with Crippen LogP contribution in [-0.2, 0) is 4.79 Å². The monoisotopic (exact) mass is 193 g/mol. The predicted octanol–water partition coefficient (Wildman–Crippen LogP) is 2.43. The summed E-state index contributed by atoms with van der Waals surface area (Å²) in [5, 5.41) is 2.75. The van der Waals surface area contributed by atoms with E-state index in [2.05, 4.69) is 30.5 Å². The van der Waals surface area contributed by atoms with Crippen molar-refractivity contribution in [2.75, 3.05) is 7.05 Å². The number of nitrogens with one attached hydrogen (secondary N) is 1. The lowest BCUT2D eigenvalue weighted by Gasteiger charge is -2.14. The second kappa shape index (κ2) is 4.45. The molecule has 0 spiro atoms. The molecule has 0 radical (unpaired) electrons. The van der Waals surface area contributed by atoms with Crippen LogP contribution in [0.5, 0.6) is 0 Å². The molecule has 0 heterocycles. The molecule has 0 aromatic rings. The van der Waals surface area contributed by atoms with E-state index in [4.69, 9.17) is 0 Å². The fourth-order valence-electron chi connectivity index (χ4n) is 1.79. The fraction of sp³-hybridized carbons (Fsp3) is 0.583. The highest BCUT2D eigenvalue weighted by Gasteiger charge is 2.51. The average Bonchev–Trinajstić information content (AvgIpc) is 2.99. The molecule has 2 heteroatoms. The Bertz CT molecular complexity index is 272. The van der Waals surface area contributed by atoms with E-state index >= 15 is 0 Å². The first-order valence-corrected chi connectivity index (χ1v) is 5.26. The molecule has 0 bridgehead atoms. The van der Waals surface area contributed by atoms with Crippen molar-refractivity contribution in [2.24, 2.45) is 5.41 Å². The van der Waals surface area contributed by atoms with Crippen molar-refractivity contribution in [3.63, 3.8) is 0 Å². The van der Waals surface area contributed by atoms with Gasteiger partial charge in [-0.25, -0.2) is 0 Å². The molecule has 1 rings (SSSR count). The molecule has 2 nitrogen and oxygen atoms in total. The predicted molar refractivity (Wildman–Crippen MR) is 58.9 cm³/mol. The van der Waals surface area contributed by atoms with Gasteiger partial charge < -0.3 is 5.32 Å². The fourth-order valence-corrected chi connectivity index (χ4v) is 1.79. The Kier molecular flexibility index (Phi) is 3.50. The first-order valence-electron chi connectivity index (χ1n) is 5.26. The molecule has 1 amide bonds. The molecule has 0 saturated heterocycles. The average molecular weight is 193 g/mol. The summed E-state index contributed by atoms with van der Waals surface area (Å²) in [4.78, 5) is 11.7. The van der Waals surface area contributed by atoms with Crippen molar-refractivity contribution in [2.45, 2.75) is 33.1 Å². The minimum Gasteiger partial charge on any atom is -0.358 e. The molecule has 1 aliphatic rings. The first kappa shape index (κ1) is 11.0. The zero-order chi connectivity index (χ0) is 10.6. The number of carbonyl (C=O) groups excluding carboxylic acids is 1. The molecule has 0 unspecified atom stereocenters. The van der Waals surface area contributed by atoms with Crippen molar-refractivity contribution in [1.82, 2.24) is 5.32 Å².